The molecule has 0 nitrogen and oxygen atoms in total. The van der Waals surface area contributed by atoms with Crippen LogP contribution in [-0.2, 0) is 0 Å². The highest BCUT2D eigenvalue weighted by atomic mass is 14.5. The van der Waals surface area contributed by atoms with Crippen molar-refractivity contribution in [2.75, 3.05) is 0 Å². The zero-order valence-corrected chi connectivity index (χ0v) is 9.67. The monoisotopic (exact) mass is 202 g/mol. The fraction of sp³-hybridized carbons (Fsp3) is 0.867. The van der Waals surface area contributed by atoms with Crippen LogP contribution >= 0.6 is 0 Å². The van der Waals surface area contributed by atoms with E-state index in [2.05, 4.69) is 0 Å². The van der Waals surface area contributed by atoms with Crippen LogP contribution in [0, 0.1) is 35.5 Å². The summed E-state index contributed by atoms with van der Waals surface area (Å²) in [5.41, 5.74) is 0. The normalized spacial score (nSPS) is 30.4. The average molecular weight is 202 g/mol. The molecule has 0 radical (unpaired) electrons. The van der Waals surface area contributed by atoms with Crippen molar-refractivity contribution in [2.24, 2.45) is 23.7 Å². The van der Waals surface area contributed by atoms with Crippen LogP contribution in [0.3, 0.4) is 0 Å². The molecule has 0 atom stereocenters. The molecule has 0 aromatic heterocycles. The van der Waals surface area contributed by atoms with Gasteiger partial charge in [0.05, 0.1) is 0 Å². The van der Waals surface area contributed by atoms with E-state index in [4.69, 9.17) is 0 Å². The lowest BCUT2D eigenvalue weighted by Crippen LogP contribution is -2.12. The second-order valence-corrected chi connectivity index (χ2v) is 6.42. The SMILES string of the molecule is C([C+](C1CC1)C1CC1)[C+](C1CC1)C1CC1. The molecule has 4 fully saturated rings. The molecule has 4 saturated carbocycles. The van der Waals surface area contributed by atoms with Gasteiger partial charge in [0.25, 0.3) is 0 Å². The Morgan fingerprint density at radius 1 is 0.533 bits per heavy atom. The van der Waals surface area contributed by atoms with Gasteiger partial charge in [0, 0.05) is 0 Å². The van der Waals surface area contributed by atoms with Crippen LogP contribution in [0.5, 0.6) is 0 Å². The molecule has 15 heavy (non-hydrogen) atoms. The average Bonchev–Trinajstić information content (AvgIpc) is 3.02. The smallest absolute Gasteiger partial charge is 0.00493 e. The van der Waals surface area contributed by atoms with E-state index in [1.54, 1.807) is 0 Å². The van der Waals surface area contributed by atoms with Gasteiger partial charge in [-0.3, -0.25) is 0 Å². The molecule has 0 N–H and O–H groups in total. The molecule has 0 unspecified atom stereocenters. The van der Waals surface area contributed by atoms with Gasteiger partial charge in [0.15, 0.2) is 0 Å². The van der Waals surface area contributed by atoms with E-state index < -0.39 is 0 Å². The van der Waals surface area contributed by atoms with Crippen LogP contribution in [-0.4, -0.2) is 0 Å². The van der Waals surface area contributed by atoms with E-state index in [0.29, 0.717) is 0 Å². The summed E-state index contributed by atoms with van der Waals surface area (Å²) in [5.74, 6) is 8.39. The van der Waals surface area contributed by atoms with Crippen molar-refractivity contribution >= 4 is 0 Å². The van der Waals surface area contributed by atoms with Gasteiger partial charge < -0.3 is 0 Å². The zero-order valence-electron chi connectivity index (χ0n) is 9.67. The van der Waals surface area contributed by atoms with E-state index in [9.17, 15) is 0 Å². The maximum Gasteiger partial charge on any atom is 0.223 e. The van der Waals surface area contributed by atoms with Crippen LogP contribution in [0.25, 0.3) is 0 Å². The van der Waals surface area contributed by atoms with Gasteiger partial charge in [-0.2, -0.15) is 0 Å². The van der Waals surface area contributed by atoms with Crippen molar-refractivity contribution in [3.63, 3.8) is 0 Å². The van der Waals surface area contributed by atoms with Gasteiger partial charge in [-0.05, 0) is 51.4 Å². The minimum Gasteiger partial charge on any atom is -0.00493 e. The minimum atomic E-state index is 1.09. The van der Waals surface area contributed by atoms with E-state index in [1.807, 2.05) is 11.8 Å². The third-order valence-electron chi connectivity index (χ3n) is 4.82. The van der Waals surface area contributed by atoms with Crippen LogP contribution in [0.15, 0.2) is 0 Å². The molecule has 0 heterocycles. The lowest BCUT2D eigenvalue weighted by Gasteiger charge is -2.06. The number of hydrogen-bond acceptors (Lipinski definition) is 0. The molecule has 4 aliphatic rings. The van der Waals surface area contributed by atoms with Crippen LogP contribution in [0.4, 0.5) is 0 Å². The standard InChI is InChI=1S/C15H22/c1-2-10(1)14(11-3-4-11)9-15(12-5-6-12)13-7-8-13/h10-13H,1-9H2/q+2. The lowest BCUT2D eigenvalue weighted by molar-refractivity contribution is 0.554. The van der Waals surface area contributed by atoms with Crippen LogP contribution in [0.2, 0.25) is 0 Å². The molecule has 4 rings (SSSR count). The topological polar surface area (TPSA) is 0 Å². The van der Waals surface area contributed by atoms with Gasteiger partial charge in [-0.15, -0.1) is 0 Å². The Labute approximate surface area is 93.8 Å². The highest BCUT2D eigenvalue weighted by Crippen LogP contribution is 2.59. The molecule has 4 aliphatic carbocycles. The first-order valence-corrected chi connectivity index (χ1v) is 7.13. The zero-order chi connectivity index (χ0) is 9.83. The highest BCUT2D eigenvalue weighted by Gasteiger charge is 2.61. The van der Waals surface area contributed by atoms with E-state index in [0.717, 1.165) is 23.7 Å². The van der Waals surface area contributed by atoms with Crippen LogP contribution < -0.4 is 0 Å². The van der Waals surface area contributed by atoms with Gasteiger partial charge in [-0.1, -0.05) is 0 Å². The van der Waals surface area contributed by atoms with Crippen LogP contribution in [0.1, 0.15) is 57.8 Å². The van der Waals surface area contributed by atoms with Crippen molar-refractivity contribution in [2.45, 2.75) is 57.8 Å². The molecule has 0 spiro atoms. The van der Waals surface area contributed by atoms with Gasteiger partial charge >= 0.3 is 0 Å². The third kappa shape index (κ3) is 1.88. The maximum absolute atomic E-state index is 2.02. The molecule has 0 aliphatic heterocycles. The first kappa shape index (κ1) is 8.84. The van der Waals surface area contributed by atoms with Gasteiger partial charge in [0.2, 0.25) is 6.42 Å². The Balaban J connectivity index is 1.41. The van der Waals surface area contributed by atoms with Crippen molar-refractivity contribution in [3.05, 3.63) is 11.8 Å². The van der Waals surface area contributed by atoms with Crippen molar-refractivity contribution in [1.82, 2.24) is 0 Å². The second kappa shape index (κ2) is 3.12. The first-order chi connectivity index (χ1) is 7.42. The van der Waals surface area contributed by atoms with E-state index >= 15 is 0 Å². The summed E-state index contributed by atoms with van der Waals surface area (Å²) in [5, 5.41) is 0. The molecule has 80 valence electrons. The summed E-state index contributed by atoms with van der Waals surface area (Å²) in [4.78, 5) is 0. The van der Waals surface area contributed by atoms with E-state index in [-0.39, 0.29) is 0 Å². The number of hydrogen-bond donors (Lipinski definition) is 0. The summed E-state index contributed by atoms with van der Waals surface area (Å²) in [6.45, 7) is 0. The Kier molecular flexibility index (Phi) is 1.84. The molecule has 0 saturated heterocycles. The van der Waals surface area contributed by atoms with Gasteiger partial charge in [0.1, 0.15) is 35.5 Å². The molecule has 0 heteroatoms. The second-order valence-electron chi connectivity index (χ2n) is 6.42. The summed E-state index contributed by atoms with van der Waals surface area (Å²) in [7, 11) is 0. The third-order valence-corrected chi connectivity index (χ3v) is 4.82. The first-order valence-electron chi connectivity index (χ1n) is 7.13. The lowest BCUT2D eigenvalue weighted by atomic mass is 9.82. The molecule has 0 aromatic carbocycles. The molecular formula is C15H22+2. The number of rotatable bonds is 6. The quantitative estimate of drug-likeness (QED) is 0.567. The summed E-state index contributed by atoms with van der Waals surface area (Å²) >= 11 is 0. The Morgan fingerprint density at radius 2 is 0.800 bits per heavy atom. The van der Waals surface area contributed by atoms with Crippen molar-refractivity contribution in [1.29, 1.82) is 0 Å². The fourth-order valence-electron chi connectivity index (χ4n) is 3.30. The molecule has 0 bridgehead atoms. The Bertz CT molecular complexity index is 191. The highest BCUT2D eigenvalue weighted by molar-refractivity contribution is 5.23. The summed E-state index contributed by atoms with van der Waals surface area (Å²) in [6.07, 6.45) is 13.8. The Morgan fingerprint density at radius 3 is 1.00 bits per heavy atom. The predicted octanol–water partition coefficient (Wildman–Crippen LogP) is 4.17. The largest absolute Gasteiger partial charge is 0.223 e. The maximum atomic E-state index is 2.02. The Hall–Kier alpha value is -0.260. The van der Waals surface area contributed by atoms with E-state index in [1.165, 1.54) is 57.8 Å². The predicted molar refractivity (Wildman–Crippen MR) is 62.0 cm³/mol. The van der Waals surface area contributed by atoms with Gasteiger partial charge in [-0.25, -0.2) is 0 Å². The van der Waals surface area contributed by atoms with Crippen molar-refractivity contribution in [3.8, 4) is 0 Å². The molecule has 0 aromatic rings. The van der Waals surface area contributed by atoms with Crippen molar-refractivity contribution < 1.29 is 0 Å². The molecular weight excluding hydrogens is 180 g/mol. The fourth-order valence-corrected chi connectivity index (χ4v) is 3.30. The summed E-state index contributed by atoms with van der Waals surface area (Å²) in [6, 6.07) is 0. The summed E-state index contributed by atoms with van der Waals surface area (Å²) < 4.78 is 0. The minimum absolute atomic E-state index is 1.09. The molecule has 0 amide bonds.